The standard InChI is InChI=1S/C29H30Cl2N4O5/c1-29(26-11-4-21(30)16-27(26)31)39-19-25(40-29)18-38-24-9-5-22(6-10-24)34-12-14-35(15-13-34)28(37)33-32-17-20-2-7-23(36)8-3-20/h2-11,16-17,25,36H,12-15,18-19H2,1H3,(H,33,37)/b32-17+/t25?,29-/m0/s1. The Morgan fingerprint density at radius 3 is 2.52 bits per heavy atom. The van der Waals surface area contributed by atoms with Crippen LogP contribution in [0.5, 0.6) is 11.5 Å². The fourth-order valence-corrected chi connectivity index (χ4v) is 5.20. The molecule has 2 atom stereocenters. The Kier molecular flexibility index (Phi) is 8.66. The van der Waals surface area contributed by atoms with Gasteiger partial charge in [0, 0.05) is 42.5 Å². The monoisotopic (exact) mass is 584 g/mol. The first-order valence-corrected chi connectivity index (χ1v) is 13.7. The maximum atomic E-state index is 12.5. The minimum absolute atomic E-state index is 0.180. The molecule has 2 fully saturated rings. The minimum Gasteiger partial charge on any atom is -0.508 e. The first-order chi connectivity index (χ1) is 19.3. The van der Waals surface area contributed by atoms with Crippen molar-refractivity contribution in [1.29, 1.82) is 0 Å². The normalized spacial score (nSPS) is 21.1. The molecule has 0 radical (unpaired) electrons. The molecule has 2 aliphatic heterocycles. The van der Waals surface area contributed by atoms with Crippen LogP contribution in [-0.4, -0.2) is 67.7 Å². The lowest BCUT2D eigenvalue weighted by Gasteiger charge is -2.35. The van der Waals surface area contributed by atoms with Gasteiger partial charge >= 0.3 is 6.03 Å². The van der Waals surface area contributed by atoms with Gasteiger partial charge in [-0.05, 0) is 73.2 Å². The zero-order valence-corrected chi connectivity index (χ0v) is 23.4. The Labute approximate surface area is 242 Å². The van der Waals surface area contributed by atoms with Crippen molar-refractivity contribution >= 4 is 41.1 Å². The summed E-state index contributed by atoms with van der Waals surface area (Å²) in [5.41, 5.74) is 5.13. The molecule has 2 aliphatic rings. The second-order valence-corrected chi connectivity index (χ2v) is 10.5. The summed E-state index contributed by atoms with van der Waals surface area (Å²) in [6, 6.07) is 19.4. The van der Waals surface area contributed by atoms with Gasteiger partial charge in [0.15, 0.2) is 5.79 Å². The molecule has 9 nitrogen and oxygen atoms in total. The average Bonchev–Trinajstić information content (AvgIpc) is 3.34. The Morgan fingerprint density at radius 1 is 1.10 bits per heavy atom. The molecule has 11 heteroatoms. The van der Waals surface area contributed by atoms with E-state index in [1.807, 2.05) is 37.3 Å². The molecule has 40 heavy (non-hydrogen) atoms. The van der Waals surface area contributed by atoms with Crippen LogP contribution in [0.2, 0.25) is 10.0 Å². The van der Waals surface area contributed by atoms with Gasteiger partial charge in [0.1, 0.15) is 24.2 Å². The molecule has 0 bridgehead atoms. The van der Waals surface area contributed by atoms with Crippen LogP contribution in [0.3, 0.4) is 0 Å². The number of rotatable bonds is 7. The molecule has 0 aliphatic carbocycles. The zero-order chi connectivity index (χ0) is 28.1. The van der Waals surface area contributed by atoms with E-state index < -0.39 is 5.79 Å². The lowest BCUT2D eigenvalue weighted by molar-refractivity contribution is -0.164. The number of urea groups is 1. The number of ether oxygens (including phenoxy) is 3. The molecule has 2 N–H and O–H groups in total. The van der Waals surface area contributed by atoms with Gasteiger partial charge < -0.3 is 29.1 Å². The zero-order valence-electron chi connectivity index (χ0n) is 21.9. The maximum Gasteiger partial charge on any atom is 0.337 e. The molecule has 3 aromatic carbocycles. The number of carbonyl (C=O) groups is 1. The Morgan fingerprint density at radius 2 is 1.82 bits per heavy atom. The van der Waals surface area contributed by atoms with Gasteiger partial charge in [-0.2, -0.15) is 5.10 Å². The van der Waals surface area contributed by atoms with E-state index in [1.165, 1.54) is 6.21 Å². The number of phenolic OH excluding ortho intramolecular Hbond substituents is 1. The number of hydrogen-bond acceptors (Lipinski definition) is 7. The van der Waals surface area contributed by atoms with Gasteiger partial charge in [0.2, 0.25) is 0 Å². The highest BCUT2D eigenvalue weighted by molar-refractivity contribution is 6.35. The number of carbonyl (C=O) groups excluding carboxylic acids is 1. The number of hydrogen-bond donors (Lipinski definition) is 2. The number of phenols is 1. The second-order valence-electron chi connectivity index (χ2n) is 9.67. The summed E-state index contributed by atoms with van der Waals surface area (Å²) in [6.07, 6.45) is 1.29. The van der Waals surface area contributed by atoms with E-state index in [0.29, 0.717) is 49.4 Å². The third-order valence-electron chi connectivity index (χ3n) is 6.83. The van der Waals surface area contributed by atoms with Crippen molar-refractivity contribution in [3.8, 4) is 11.5 Å². The van der Waals surface area contributed by atoms with E-state index in [1.54, 1.807) is 41.3 Å². The number of nitrogens with one attached hydrogen (secondary N) is 1. The number of aromatic hydroxyl groups is 1. The van der Waals surface area contributed by atoms with Crippen LogP contribution in [-0.2, 0) is 15.3 Å². The molecule has 5 rings (SSSR count). The quantitative estimate of drug-likeness (QED) is 0.291. The predicted octanol–water partition coefficient (Wildman–Crippen LogP) is 5.23. The van der Waals surface area contributed by atoms with Crippen molar-refractivity contribution in [3.63, 3.8) is 0 Å². The number of hydrazone groups is 1. The summed E-state index contributed by atoms with van der Waals surface area (Å²) >= 11 is 12.4. The first kappa shape index (κ1) is 28.0. The van der Waals surface area contributed by atoms with Crippen LogP contribution in [0.1, 0.15) is 18.1 Å². The molecule has 0 spiro atoms. The summed E-state index contributed by atoms with van der Waals surface area (Å²) in [4.78, 5) is 16.4. The topological polar surface area (TPSA) is 95.9 Å². The predicted molar refractivity (Wildman–Crippen MR) is 155 cm³/mol. The van der Waals surface area contributed by atoms with Gasteiger partial charge in [-0.15, -0.1) is 0 Å². The van der Waals surface area contributed by atoms with Crippen LogP contribution in [0.25, 0.3) is 0 Å². The minimum atomic E-state index is -0.961. The van der Waals surface area contributed by atoms with Crippen molar-refractivity contribution in [1.82, 2.24) is 10.3 Å². The second kappa shape index (κ2) is 12.3. The van der Waals surface area contributed by atoms with Gasteiger partial charge in [-0.25, -0.2) is 10.2 Å². The largest absolute Gasteiger partial charge is 0.508 e. The Balaban J connectivity index is 1.06. The third-order valence-corrected chi connectivity index (χ3v) is 7.38. The molecule has 3 aromatic rings. The van der Waals surface area contributed by atoms with E-state index in [4.69, 9.17) is 37.4 Å². The summed E-state index contributed by atoms with van der Waals surface area (Å²) in [5.74, 6) is -0.0491. The molecule has 210 valence electrons. The van der Waals surface area contributed by atoms with E-state index in [2.05, 4.69) is 15.4 Å². The van der Waals surface area contributed by atoms with Crippen LogP contribution >= 0.6 is 23.2 Å². The highest BCUT2D eigenvalue weighted by Gasteiger charge is 2.40. The van der Waals surface area contributed by atoms with E-state index >= 15 is 0 Å². The lowest BCUT2D eigenvalue weighted by atomic mass is 10.1. The molecule has 0 aromatic heterocycles. The van der Waals surface area contributed by atoms with Gasteiger partial charge in [0.05, 0.1) is 17.8 Å². The maximum absolute atomic E-state index is 12.5. The van der Waals surface area contributed by atoms with Crippen LogP contribution < -0.4 is 15.1 Å². The number of anilines is 1. The molecule has 2 amide bonds. The highest BCUT2D eigenvalue weighted by atomic mass is 35.5. The van der Waals surface area contributed by atoms with Crippen LogP contribution in [0, 0.1) is 0 Å². The van der Waals surface area contributed by atoms with E-state index in [0.717, 1.165) is 22.6 Å². The van der Waals surface area contributed by atoms with Crippen LogP contribution in [0.15, 0.2) is 71.8 Å². The summed E-state index contributed by atoms with van der Waals surface area (Å²) < 4.78 is 18.0. The van der Waals surface area contributed by atoms with Crippen molar-refractivity contribution in [2.24, 2.45) is 5.10 Å². The molecule has 0 saturated carbocycles. The van der Waals surface area contributed by atoms with Crippen molar-refractivity contribution in [2.75, 3.05) is 44.3 Å². The highest BCUT2D eigenvalue weighted by Crippen LogP contribution is 2.38. The molecule has 1 unspecified atom stereocenters. The number of piperazine rings is 1. The fourth-order valence-electron chi connectivity index (χ4n) is 4.62. The summed E-state index contributed by atoms with van der Waals surface area (Å²) in [7, 11) is 0. The van der Waals surface area contributed by atoms with Gasteiger partial charge in [-0.3, -0.25) is 0 Å². The van der Waals surface area contributed by atoms with Crippen LogP contribution in [0.4, 0.5) is 10.5 Å². The Hall–Kier alpha value is -3.50. The molecule has 2 saturated heterocycles. The number of halogens is 2. The molecular weight excluding hydrogens is 555 g/mol. The number of benzene rings is 3. The molecule has 2 heterocycles. The molecular formula is C29H30Cl2N4O5. The summed E-state index contributed by atoms with van der Waals surface area (Å²) in [5, 5.41) is 14.4. The third kappa shape index (κ3) is 6.79. The Bertz CT molecular complexity index is 1350. The summed E-state index contributed by atoms with van der Waals surface area (Å²) in [6.45, 7) is 5.12. The fraction of sp³-hybridized carbons (Fsp3) is 0.310. The van der Waals surface area contributed by atoms with Crippen molar-refractivity contribution in [3.05, 3.63) is 87.9 Å². The van der Waals surface area contributed by atoms with Crippen molar-refractivity contribution < 1.29 is 24.1 Å². The first-order valence-electron chi connectivity index (χ1n) is 12.9. The smallest absolute Gasteiger partial charge is 0.337 e. The average molecular weight is 585 g/mol. The van der Waals surface area contributed by atoms with Gasteiger partial charge in [0.25, 0.3) is 0 Å². The SMILES string of the molecule is C[C@]1(c2ccc(Cl)cc2Cl)OCC(COc2ccc(N3CCN(C(=O)N/N=C/c4ccc(O)cc4)CC3)cc2)O1. The number of amides is 2. The lowest BCUT2D eigenvalue weighted by Crippen LogP contribution is -2.51. The van der Waals surface area contributed by atoms with Crippen molar-refractivity contribution in [2.45, 2.75) is 18.8 Å². The van der Waals surface area contributed by atoms with E-state index in [-0.39, 0.29) is 17.9 Å². The van der Waals surface area contributed by atoms with Gasteiger partial charge in [-0.1, -0.05) is 29.3 Å². The van der Waals surface area contributed by atoms with E-state index in [9.17, 15) is 9.90 Å². The number of nitrogens with zero attached hydrogens (tertiary/aromatic N) is 3.